The number of piperidine rings is 1. The lowest BCUT2D eigenvalue weighted by Crippen LogP contribution is -2.32. The van der Waals surface area contributed by atoms with Crippen molar-refractivity contribution < 1.29 is 9.53 Å². The summed E-state index contributed by atoms with van der Waals surface area (Å²) in [4.78, 5) is 12.0. The molecule has 1 aromatic rings. The Labute approximate surface area is 142 Å². The van der Waals surface area contributed by atoms with Crippen molar-refractivity contribution in [3.63, 3.8) is 0 Å². The molecule has 0 spiro atoms. The first-order valence-corrected chi connectivity index (χ1v) is 8.55. The molecule has 0 N–H and O–H groups in total. The van der Waals surface area contributed by atoms with E-state index < -0.39 is 0 Å². The van der Waals surface area contributed by atoms with Crippen LogP contribution in [0.2, 0.25) is 0 Å². The maximum absolute atomic E-state index is 9.60. The maximum Gasteiger partial charge on any atom is 0.293 e. The Morgan fingerprint density at radius 1 is 1.22 bits per heavy atom. The fourth-order valence-electron chi connectivity index (χ4n) is 2.26. The number of ether oxygens (including phenoxy) is 1. The van der Waals surface area contributed by atoms with Crippen molar-refractivity contribution in [2.45, 2.75) is 73.0 Å². The van der Waals surface area contributed by atoms with Crippen LogP contribution in [-0.4, -0.2) is 46.9 Å². The molecule has 1 aliphatic heterocycles. The van der Waals surface area contributed by atoms with Crippen LogP contribution in [0.5, 0.6) is 0 Å². The minimum atomic E-state index is -0.318. The molecule has 1 saturated heterocycles. The van der Waals surface area contributed by atoms with Crippen LogP contribution >= 0.6 is 0 Å². The van der Waals surface area contributed by atoms with E-state index in [1.54, 1.807) is 0 Å². The zero-order valence-electron chi connectivity index (χ0n) is 16.2. The van der Waals surface area contributed by atoms with E-state index >= 15 is 0 Å². The molecule has 0 unspecified atom stereocenters. The third kappa shape index (κ3) is 8.16. The average molecular weight is 325 g/mol. The highest BCUT2D eigenvalue weighted by Gasteiger charge is 2.20. The van der Waals surface area contributed by atoms with Crippen LogP contribution in [0.3, 0.4) is 0 Å². The molecule has 0 atom stereocenters. The van der Waals surface area contributed by atoms with Gasteiger partial charge in [0, 0.05) is 5.69 Å². The molecule has 2 rings (SSSR count). The van der Waals surface area contributed by atoms with Crippen LogP contribution in [0, 0.1) is 13.8 Å². The third-order valence-electron chi connectivity index (χ3n) is 3.73. The van der Waals surface area contributed by atoms with E-state index in [1.165, 1.54) is 37.2 Å². The largest absolute Gasteiger partial charge is 0.462 e. The molecule has 134 valence electrons. The van der Waals surface area contributed by atoms with E-state index in [0.29, 0.717) is 12.5 Å². The maximum atomic E-state index is 9.60. The Morgan fingerprint density at radius 2 is 1.74 bits per heavy atom. The van der Waals surface area contributed by atoms with Gasteiger partial charge in [0.2, 0.25) is 0 Å². The van der Waals surface area contributed by atoms with E-state index in [9.17, 15) is 4.79 Å². The first kappa shape index (κ1) is 21.6. The van der Waals surface area contributed by atoms with Crippen LogP contribution in [0.4, 0.5) is 0 Å². The number of carbonyl (C=O) groups is 1. The summed E-state index contributed by atoms with van der Waals surface area (Å²) < 4.78 is 6.76. The second-order valence-electron chi connectivity index (χ2n) is 6.72. The molecule has 0 radical (unpaired) electrons. The number of rotatable bonds is 2. The first-order valence-electron chi connectivity index (χ1n) is 8.55. The summed E-state index contributed by atoms with van der Waals surface area (Å²) in [6.45, 7) is 16.6. The number of aryl methyl sites for hydroxylation is 1. The summed E-state index contributed by atoms with van der Waals surface area (Å²) in [7, 11) is 2.19. The number of hydrogen-bond acceptors (Lipinski definition) is 4. The second-order valence-corrected chi connectivity index (χ2v) is 6.72. The third-order valence-corrected chi connectivity index (χ3v) is 3.73. The van der Waals surface area contributed by atoms with Crippen molar-refractivity contribution in [2.24, 2.45) is 0 Å². The second kappa shape index (κ2) is 10.4. The minimum Gasteiger partial charge on any atom is -0.462 e. The Hall–Kier alpha value is -1.36. The van der Waals surface area contributed by atoms with E-state index in [2.05, 4.69) is 40.3 Å². The van der Waals surface area contributed by atoms with Gasteiger partial charge in [-0.1, -0.05) is 13.8 Å². The Bertz CT molecular complexity index is 442. The number of hydrogen-bond donors (Lipinski definition) is 0. The Balaban J connectivity index is 0.000000460. The lowest BCUT2D eigenvalue weighted by atomic mass is 10.1. The highest BCUT2D eigenvalue weighted by molar-refractivity contribution is 5.37. The molecule has 5 nitrogen and oxygen atoms in total. The van der Waals surface area contributed by atoms with Gasteiger partial charge in [0.1, 0.15) is 5.60 Å². The molecule has 0 amide bonds. The molecular weight excluding hydrogens is 290 g/mol. The monoisotopic (exact) mass is 325 g/mol. The standard InChI is InChI=1S/C11H19N3.C5H10O2.C2H6/c1-9-8-12-14(10(9)2)11-4-6-13(3)7-5-11;1-5(2,3)7-4-6;1-2/h8,11H,4-7H2,1-3H3;4H,1-3H3;1-2H3. The average Bonchev–Trinajstić information content (AvgIpc) is 2.82. The lowest BCUT2D eigenvalue weighted by Gasteiger charge is -2.29. The van der Waals surface area contributed by atoms with Gasteiger partial charge in [-0.2, -0.15) is 5.10 Å². The first-order chi connectivity index (χ1) is 10.7. The van der Waals surface area contributed by atoms with Crippen LogP contribution in [-0.2, 0) is 9.53 Å². The van der Waals surface area contributed by atoms with Crippen molar-refractivity contribution in [1.82, 2.24) is 14.7 Å². The highest BCUT2D eigenvalue weighted by atomic mass is 16.5. The molecule has 1 aliphatic rings. The van der Waals surface area contributed by atoms with Gasteiger partial charge in [0.05, 0.1) is 12.2 Å². The number of carbonyl (C=O) groups excluding carboxylic acids is 1. The Kier molecular flexibility index (Phi) is 9.80. The molecule has 0 saturated carbocycles. The molecule has 1 fully saturated rings. The zero-order valence-corrected chi connectivity index (χ0v) is 16.2. The molecule has 0 bridgehead atoms. The SMILES string of the molecule is CC.CC(C)(C)OC=O.Cc1cnn(C2CCN(C)CC2)c1C. The molecular formula is C18H35N3O2. The summed E-state index contributed by atoms with van der Waals surface area (Å²) >= 11 is 0. The molecule has 1 aromatic heterocycles. The van der Waals surface area contributed by atoms with Crippen molar-refractivity contribution in [1.29, 1.82) is 0 Å². The predicted molar refractivity (Wildman–Crippen MR) is 95.7 cm³/mol. The lowest BCUT2D eigenvalue weighted by molar-refractivity contribution is -0.138. The van der Waals surface area contributed by atoms with E-state index in [-0.39, 0.29) is 5.60 Å². The minimum absolute atomic E-state index is 0.318. The summed E-state index contributed by atoms with van der Waals surface area (Å²) in [5.74, 6) is 0. The fraction of sp³-hybridized carbons (Fsp3) is 0.778. The van der Waals surface area contributed by atoms with Gasteiger partial charge in [-0.05, 0) is 73.2 Å². The van der Waals surface area contributed by atoms with Crippen LogP contribution in [0.25, 0.3) is 0 Å². The van der Waals surface area contributed by atoms with Crippen LogP contribution in [0.15, 0.2) is 6.20 Å². The van der Waals surface area contributed by atoms with Gasteiger partial charge >= 0.3 is 0 Å². The van der Waals surface area contributed by atoms with Gasteiger partial charge in [-0.15, -0.1) is 0 Å². The smallest absolute Gasteiger partial charge is 0.293 e. The summed E-state index contributed by atoms with van der Waals surface area (Å²) in [5, 5.41) is 4.46. The number of nitrogens with zero attached hydrogens (tertiary/aromatic N) is 3. The molecule has 2 heterocycles. The zero-order chi connectivity index (χ0) is 18.0. The van der Waals surface area contributed by atoms with Gasteiger partial charge in [-0.25, -0.2) is 0 Å². The number of likely N-dealkylation sites (tertiary alicyclic amines) is 1. The van der Waals surface area contributed by atoms with Gasteiger partial charge in [0.15, 0.2) is 0 Å². The van der Waals surface area contributed by atoms with E-state index in [0.717, 1.165) is 0 Å². The van der Waals surface area contributed by atoms with E-state index in [4.69, 9.17) is 0 Å². The van der Waals surface area contributed by atoms with E-state index in [1.807, 2.05) is 40.8 Å². The highest BCUT2D eigenvalue weighted by Crippen LogP contribution is 2.23. The molecule has 0 aromatic carbocycles. The van der Waals surface area contributed by atoms with Crippen LogP contribution in [0.1, 0.15) is 64.8 Å². The van der Waals surface area contributed by atoms with Gasteiger partial charge < -0.3 is 9.64 Å². The normalized spacial score (nSPS) is 15.8. The van der Waals surface area contributed by atoms with Gasteiger partial charge in [0.25, 0.3) is 6.47 Å². The topological polar surface area (TPSA) is 47.4 Å². The van der Waals surface area contributed by atoms with Crippen molar-refractivity contribution in [3.8, 4) is 0 Å². The Morgan fingerprint density at radius 3 is 2.04 bits per heavy atom. The fourth-order valence-corrected chi connectivity index (χ4v) is 2.26. The molecule has 0 aliphatic carbocycles. The van der Waals surface area contributed by atoms with Crippen molar-refractivity contribution in [2.75, 3.05) is 20.1 Å². The van der Waals surface area contributed by atoms with Crippen molar-refractivity contribution >= 4 is 6.47 Å². The summed E-state index contributed by atoms with van der Waals surface area (Å²) in [6, 6.07) is 0.625. The van der Waals surface area contributed by atoms with Crippen molar-refractivity contribution in [3.05, 3.63) is 17.5 Å². The summed E-state index contributed by atoms with van der Waals surface area (Å²) in [5.41, 5.74) is 2.32. The molecule has 23 heavy (non-hydrogen) atoms. The predicted octanol–water partition coefficient (Wildman–Crippen LogP) is 3.75. The van der Waals surface area contributed by atoms with Gasteiger partial charge in [-0.3, -0.25) is 9.48 Å². The molecule has 5 heteroatoms. The number of aromatic nitrogens is 2. The summed E-state index contributed by atoms with van der Waals surface area (Å²) in [6.07, 6.45) is 4.45. The van der Waals surface area contributed by atoms with Crippen LogP contribution < -0.4 is 0 Å². The quantitative estimate of drug-likeness (QED) is 0.777.